The second-order valence-corrected chi connectivity index (χ2v) is 3.49. The molecule has 0 aliphatic heterocycles. The molecule has 0 aromatic carbocycles. The number of hydrogen-bond acceptors (Lipinski definition) is 4. The van der Waals surface area contributed by atoms with Crippen molar-refractivity contribution >= 4 is 11.9 Å². The molecule has 0 heterocycles. The molecule has 0 fully saturated rings. The van der Waals surface area contributed by atoms with E-state index in [1.54, 1.807) is 20.8 Å². The molecule has 0 saturated heterocycles. The van der Waals surface area contributed by atoms with Crippen LogP contribution in [0.15, 0.2) is 12.2 Å². The van der Waals surface area contributed by atoms with Crippen LogP contribution in [0.25, 0.3) is 0 Å². The van der Waals surface area contributed by atoms with Gasteiger partial charge in [-0.3, -0.25) is 9.59 Å². The standard InChI is InChI=1S/C12H20O4/c1-5-15-11(13)8-7-10(9(3)4)12(14)16-6-2/h10H,3,5-8H2,1-2,4H3. The van der Waals surface area contributed by atoms with E-state index < -0.39 is 5.92 Å². The third-order valence-corrected chi connectivity index (χ3v) is 2.11. The average molecular weight is 228 g/mol. The van der Waals surface area contributed by atoms with Crippen LogP contribution in [0.3, 0.4) is 0 Å². The number of carbonyl (C=O) groups is 2. The van der Waals surface area contributed by atoms with Crippen molar-refractivity contribution in [3.05, 3.63) is 12.2 Å². The van der Waals surface area contributed by atoms with Gasteiger partial charge >= 0.3 is 11.9 Å². The third-order valence-electron chi connectivity index (χ3n) is 2.11. The first-order valence-corrected chi connectivity index (χ1v) is 5.50. The summed E-state index contributed by atoms with van der Waals surface area (Å²) in [7, 11) is 0. The van der Waals surface area contributed by atoms with Gasteiger partial charge < -0.3 is 9.47 Å². The Balaban J connectivity index is 4.19. The molecule has 0 saturated carbocycles. The number of carbonyl (C=O) groups excluding carboxylic acids is 2. The summed E-state index contributed by atoms with van der Waals surface area (Å²) in [6.07, 6.45) is 0.608. The molecular weight excluding hydrogens is 208 g/mol. The molecule has 4 heteroatoms. The topological polar surface area (TPSA) is 52.6 Å². The number of rotatable bonds is 7. The molecule has 1 atom stereocenters. The predicted molar refractivity (Wildman–Crippen MR) is 60.8 cm³/mol. The largest absolute Gasteiger partial charge is 0.466 e. The third kappa shape index (κ3) is 5.53. The lowest BCUT2D eigenvalue weighted by molar-refractivity contribution is -0.148. The Morgan fingerprint density at radius 2 is 1.75 bits per heavy atom. The van der Waals surface area contributed by atoms with Crippen molar-refractivity contribution in [2.24, 2.45) is 5.92 Å². The van der Waals surface area contributed by atoms with Crippen molar-refractivity contribution in [2.45, 2.75) is 33.6 Å². The minimum Gasteiger partial charge on any atom is -0.466 e. The maximum atomic E-state index is 11.5. The van der Waals surface area contributed by atoms with Gasteiger partial charge in [0.2, 0.25) is 0 Å². The summed E-state index contributed by atoms with van der Waals surface area (Å²) in [5.41, 5.74) is 0.711. The second-order valence-electron chi connectivity index (χ2n) is 3.49. The van der Waals surface area contributed by atoms with E-state index in [1.165, 1.54) is 0 Å². The Bertz CT molecular complexity index is 258. The van der Waals surface area contributed by atoms with E-state index in [4.69, 9.17) is 9.47 Å². The minimum absolute atomic E-state index is 0.212. The van der Waals surface area contributed by atoms with Gasteiger partial charge in [0.05, 0.1) is 19.1 Å². The van der Waals surface area contributed by atoms with E-state index in [-0.39, 0.29) is 18.4 Å². The molecule has 0 N–H and O–H groups in total. The Morgan fingerprint density at radius 1 is 1.19 bits per heavy atom. The first-order valence-electron chi connectivity index (χ1n) is 5.50. The molecule has 0 spiro atoms. The SMILES string of the molecule is C=C(C)C(CCC(=O)OCC)C(=O)OCC. The molecule has 0 rings (SSSR count). The van der Waals surface area contributed by atoms with E-state index >= 15 is 0 Å². The maximum absolute atomic E-state index is 11.5. The van der Waals surface area contributed by atoms with Crippen LogP contribution in [-0.4, -0.2) is 25.2 Å². The van der Waals surface area contributed by atoms with E-state index in [0.29, 0.717) is 25.2 Å². The van der Waals surface area contributed by atoms with Gasteiger partial charge in [-0.15, -0.1) is 0 Å². The van der Waals surface area contributed by atoms with Crippen LogP contribution in [0.5, 0.6) is 0 Å². The van der Waals surface area contributed by atoms with Gasteiger partial charge in [0, 0.05) is 6.42 Å². The summed E-state index contributed by atoms with van der Waals surface area (Å²) in [5.74, 6) is -1.03. The number of esters is 2. The summed E-state index contributed by atoms with van der Waals surface area (Å²) >= 11 is 0. The highest BCUT2D eigenvalue weighted by molar-refractivity contribution is 5.77. The molecule has 0 aromatic rings. The van der Waals surface area contributed by atoms with Gasteiger partial charge in [0.15, 0.2) is 0 Å². The number of ether oxygens (including phenoxy) is 2. The van der Waals surface area contributed by atoms with Crippen molar-refractivity contribution in [1.29, 1.82) is 0 Å². The molecule has 0 radical (unpaired) electrons. The Hall–Kier alpha value is -1.32. The van der Waals surface area contributed by atoms with Gasteiger partial charge in [-0.1, -0.05) is 12.2 Å². The lowest BCUT2D eigenvalue weighted by Crippen LogP contribution is -2.20. The van der Waals surface area contributed by atoms with Crippen LogP contribution < -0.4 is 0 Å². The summed E-state index contributed by atoms with van der Waals surface area (Å²) < 4.78 is 9.70. The van der Waals surface area contributed by atoms with Gasteiger partial charge in [-0.2, -0.15) is 0 Å². The molecule has 0 amide bonds. The smallest absolute Gasteiger partial charge is 0.313 e. The van der Waals surface area contributed by atoms with Crippen LogP contribution >= 0.6 is 0 Å². The molecule has 0 aliphatic rings. The normalized spacial score (nSPS) is 11.7. The minimum atomic E-state index is -0.413. The molecular formula is C12H20O4. The second kappa shape index (κ2) is 7.91. The fourth-order valence-corrected chi connectivity index (χ4v) is 1.30. The van der Waals surface area contributed by atoms with Crippen LogP contribution in [-0.2, 0) is 19.1 Å². The lowest BCUT2D eigenvalue weighted by Gasteiger charge is -2.14. The van der Waals surface area contributed by atoms with Gasteiger partial charge in [-0.25, -0.2) is 0 Å². The van der Waals surface area contributed by atoms with Gasteiger partial charge in [0.1, 0.15) is 0 Å². The molecule has 1 unspecified atom stereocenters. The molecule has 0 aliphatic carbocycles. The highest BCUT2D eigenvalue weighted by Gasteiger charge is 2.21. The van der Waals surface area contributed by atoms with Crippen LogP contribution in [0.4, 0.5) is 0 Å². The van der Waals surface area contributed by atoms with Crippen LogP contribution in [0.1, 0.15) is 33.6 Å². The van der Waals surface area contributed by atoms with E-state index in [1.807, 2.05) is 0 Å². The fraction of sp³-hybridized carbons (Fsp3) is 0.667. The maximum Gasteiger partial charge on any atom is 0.313 e. The summed E-state index contributed by atoms with van der Waals surface area (Å²) in [5, 5.41) is 0. The lowest BCUT2D eigenvalue weighted by atomic mass is 9.96. The van der Waals surface area contributed by atoms with Crippen molar-refractivity contribution in [3.63, 3.8) is 0 Å². The summed E-state index contributed by atoms with van der Waals surface area (Å²) in [6, 6.07) is 0. The summed E-state index contributed by atoms with van der Waals surface area (Å²) in [4.78, 5) is 22.7. The van der Waals surface area contributed by atoms with E-state index in [9.17, 15) is 9.59 Å². The molecule has 0 aromatic heterocycles. The van der Waals surface area contributed by atoms with Crippen molar-refractivity contribution in [3.8, 4) is 0 Å². The first kappa shape index (κ1) is 14.7. The van der Waals surface area contributed by atoms with Crippen molar-refractivity contribution in [1.82, 2.24) is 0 Å². The Kier molecular flexibility index (Phi) is 7.25. The zero-order valence-electron chi connectivity index (χ0n) is 10.2. The predicted octanol–water partition coefficient (Wildman–Crippen LogP) is 2.09. The zero-order chi connectivity index (χ0) is 12.6. The zero-order valence-corrected chi connectivity index (χ0v) is 10.2. The van der Waals surface area contributed by atoms with Crippen LogP contribution in [0, 0.1) is 5.92 Å². The van der Waals surface area contributed by atoms with E-state index in [0.717, 1.165) is 0 Å². The summed E-state index contributed by atoms with van der Waals surface area (Å²) in [6.45, 7) is 9.68. The van der Waals surface area contributed by atoms with Gasteiger partial charge in [-0.05, 0) is 27.2 Å². The molecule has 16 heavy (non-hydrogen) atoms. The molecule has 0 bridgehead atoms. The average Bonchev–Trinajstić information content (AvgIpc) is 2.18. The highest BCUT2D eigenvalue weighted by atomic mass is 16.5. The van der Waals surface area contributed by atoms with Crippen molar-refractivity contribution < 1.29 is 19.1 Å². The quantitative estimate of drug-likeness (QED) is 0.494. The Morgan fingerprint density at radius 3 is 2.19 bits per heavy atom. The van der Waals surface area contributed by atoms with Gasteiger partial charge in [0.25, 0.3) is 0 Å². The van der Waals surface area contributed by atoms with E-state index in [2.05, 4.69) is 6.58 Å². The molecule has 4 nitrogen and oxygen atoms in total. The fourth-order valence-electron chi connectivity index (χ4n) is 1.30. The van der Waals surface area contributed by atoms with Crippen LogP contribution in [0.2, 0.25) is 0 Å². The first-order chi connectivity index (χ1) is 7.52. The highest BCUT2D eigenvalue weighted by Crippen LogP contribution is 2.17. The monoisotopic (exact) mass is 228 g/mol. The molecule has 92 valence electrons. The van der Waals surface area contributed by atoms with Crippen molar-refractivity contribution in [2.75, 3.05) is 13.2 Å². The number of hydrogen-bond donors (Lipinski definition) is 0. The Labute approximate surface area is 96.6 Å².